The van der Waals surface area contributed by atoms with Gasteiger partial charge in [-0.1, -0.05) is 5.16 Å². The average molecular weight is 158 g/mol. The van der Waals surface area contributed by atoms with Crippen LogP contribution in [0.4, 0.5) is 4.39 Å². The Balaban J connectivity index is 2.27. The first kappa shape index (κ1) is 8.20. The van der Waals surface area contributed by atoms with Crippen LogP contribution in [0.5, 0.6) is 0 Å². The van der Waals surface area contributed by atoms with Crippen molar-refractivity contribution in [1.82, 2.24) is 10.5 Å². The summed E-state index contributed by atoms with van der Waals surface area (Å²) in [6, 6.07) is 1.82. The predicted molar refractivity (Wildman–Crippen MR) is 38.9 cm³/mol. The second kappa shape index (κ2) is 4.08. The second-order valence-corrected chi connectivity index (χ2v) is 2.29. The van der Waals surface area contributed by atoms with E-state index in [0.717, 1.165) is 11.5 Å². The maximum atomic E-state index is 11.6. The van der Waals surface area contributed by atoms with Crippen molar-refractivity contribution in [3.05, 3.63) is 17.5 Å². The highest BCUT2D eigenvalue weighted by Crippen LogP contribution is 1.99. The summed E-state index contributed by atoms with van der Waals surface area (Å²) >= 11 is 0. The Morgan fingerprint density at radius 2 is 2.55 bits per heavy atom. The van der Waals surface area contributed by atoms with Crippen LogP contribution in [0.3, 0.4) is 0 Å². The van der Waals surface area contributed by atoms with E-state index in [1.165, 1.54) is 0 Å². The Kier molecular flexibility index (Phi) is 3.04. The van der Waals surface area contributed by atoms with Crippen molar-refractivity contribution in [2.45, 2.75) is 13.5 Å². The van der Waals surface area contributed by atoms with Crippen molar-refractivity contribution in [1.29, 1.82) is 0 Å². The maximum absolute atomic E-state index is 11.6. The molecular weight excluding hydrogens is 147 g/mol. The molecular formula is C7H11FN2O. The smallest absolute Gasteiger partial charge is 0.133 e. The minimum Gasteiger partial charge on any atom is -0.361 e. The molecule has 1 rings (SSSR count). The topological polar surface area (TPSA) is 38.1 Å². The maximum Gasteiger partial charge on any atom is 0.133 e. The molecule has 0 saturated heterocycles. The van der Waals surface area contributed by atoms with E-state index < -0.39 is 0 Å². The number of aromatic nitrogens is 1. The van der Waals surface area contributed by atoms with Gasteiger partial charge in [0.25, 0.3) is 0 Å². The molecule has 0 bridgehead atoms. The zero-order valence-corrected chi connectivity index (χ0v) is 6.43. The van der Waals surface area contributed by atoms with Crippen LogP contribution < -0.4 is 5.32 Å². The summed E-state index contributed by atoms with van der Waals surface area (Å²) in [5, 5.41) is 6.59. The van der Waals surface area contributed by atoms with E-state index in [-0.39, 0.29) is 6.67 Å². The van der Waals surface area contributed by atoms with E-state index in [2.05, 4.69) is 10.5 Å². The summed E-state index contributed by atoms with van der Waals surface area (Å²) in [7, 11) is 0. The van der Waals surface area contributed by atoms with Crippen molar-refractivity contribution in [3.63, 3.8) is 0 Å². The highest BCUT2D eigenvalue weighted by atomic mass is 19.1. The fourth-order valence-corrected chi connectivity index (χ4v) is 0.785. The van der Waals surface area contributed by atoms with E-state index >= 15 is 0 Å². The first-order valence-electron chi connectivity index (χ1n) is 3.52. The average Bonchev–Trinajstić information content (AvgIpc) is 2.37. The highest BCUT2D eigenvalue weighted by Gasteiger charge is 1.97. The fourth-order valence-electron chi connectivity index (χ4n) is 0.785. The van der Waals surface area contributed by atoms with Gasteiger partial charge in [0.15, 0.2) is 0 Å². The molecule has 0 aliphatic rings. The molecule has 0 fully saturated rings. The van der Waals surface area contributed by atoms with Crippen molar-refractivity contribution < 1.29 is 8.91 Å². The lowest BCUT2D eigenvalue weighted by molar-refractivity contribution is 0.386. The molecule has 0 aromatic carbocycles. The number of hydrogen-bond acceptors (Lipinski definition) is 3. The van der Waals surface area contributed by atoms with E-state index in [4.69, 9.17) is 4.52 Å². The Labute approximate surface area is 64.6 Å². The summed E-state index contributed by atoms with van der Waals surface area (Å²) < 4.78 is 16.4. The van der Waals surface area contributed by atoms with E-state index in [1.54, 1.807) is 0 Å². The minimum absolute atomic E-state index is 0.350. The molecule has 0 spiro atoms. The number of hydrogen-bond donors (Lipinski definition) is 1. The van der Waals surface area contributed by atoms with Gasteiger partial charge in [0.05, 0.1) is 5.69 Å². The minimum atomic E-state index is -0.350. The Morgan fingerprint density at radius 1 is 1.73 bits per heavy atom. The van der Waals surface area contributed by atoms with Gasteiger partial charge < -0.3 is 9.84 Å². The van der Waals surface area contributed by atoms with E-state index in [9.17, 15) is 4.39 Å². The Hall–Kier alpha value is -0.900. The van der Waals surface area contributed by atoms with Gasteiger partial charge in [-0.2, -0.15) is 0 Å². The molecule has 0 saturated carbocycles. The molecule has 0 amide bonds. The molecule has 62 valence electrons. The molecule has 0 aliphatic heterocycles. The van der Waals surface area contributed by atoms with Crippen LogP contribution in [0.1, 0.15) is 11.5 Å². The van der Waals surface area contributed by atoms with Crippen molar-refractivity contribution in [3.8, 4) is 0 Å². The van der Waals surface area contributed by atoms with E-state index in [1.807, 2.05) is 13.0 Å². The van der Waals surface area contributed by atoms with Crippen LogP contribution in [-0.4, -0.2) is 18.4 Å². The third kappa shape index (κ3) is 2.67. The number of alkyl halides is 1. The predicted octanol–water partition coefficient (Wildman–Crippen LogP) is 1.04. The normalized spacial score (nSPS) is 10.4. The lowest BCUT2D eigenvalue weighted by Gasteiger charge is -1.94. The van der Waals surface area contributed by atoms with Crippen LogP contribution in [0.25, 0.3) is 0 Å². The molecule has 1 heterocycles. The van der Waals surface area contributed by atoms with Gasteiger partial charge >= 0.3 is 0 Å². The summed E-state index contributed by atoms with van der Waals surface area (Å²) in [4.78, 5) is 0. The number of aryl methyl sites for hydroxylation is 1. The zero-order chi connectivity index (χ0) is 8.10. The second-order valence-electron chi connectivity index (χ2n) is 2.29. The molecule has 1 aromatic rings. The Morgan fingerprint density at radius 3 is 3.09 bits per heavy atom. The van der Waals surface area contributed by atoms with Gasteiger partial charge in [-0.25, -0.2) is 4.39 Å². The van der Waals surface area contributed by atoms with Crippen LogP contribution in [0, 0.1) is 6.92 Å². The van der Waals surface area contributed by atoms with Crippen LogP contribution in [-0.2, 0) is 6.54 Å². The number of nitrogens with zero attached hydrogens (tertiary/aromatic N) is 1. The SMILES string of the molecule is Cc1cc(CNCCF)no1. The number of rotatable bonds is 4. The lowest BCUT2D eigenvalue weighted by Crippen LogP contribution is -2.15. The van der Waals surface area contributed by atoms with Crippen LogP contribution in [0.15, 0.2) is 10.6 Å². The third-order valence-electron chi connectivity index (χ3n) is 1.25. The first-order valence-corrected chi connectivity index (χ1v) is 3.52. The molecule has 0 atom stereocenters. The van der Waals surface area contributed by atoms with Gasteiger partial charge in [0.2, 0.25) is 0 Å². The fraction of sp³-hybridized carbons (Fsp3) is 0.571. The summed E-state index contributed by atoms with van der Waals surface area (Å²) in [5.74, 6) is 0.780. The van der Waals surface area contributed by atoms with E-state index in [0.29, 0.717) is 13.1 Å². The highest BCUT2D eigenvalue weighted by molar-refractivity contribution is 5.02. The van der Waals surface area contributed by atoms with Crippen molar-refractivity contribution in [2.75, 3.05) is 13.2 Å². The Bertz CT molecular complexity index is 212. The molecule has 4 heteroatoms. The van der Waals surface area contributed by atoms with Crippen LogP contribution in [0.2, 0.25) is 0 Å². The van der Waals surface area contributed by atoms with Crippen molar-refractivity contribution >= 4 is 0 Å². The first-order chi connectivity index (χ1) is 5.33. The molecule has 3 nitrogen and oxygen atoms in total. The molecule has 0 radical (unpaired) electrons. The molecule has 0 aliphatic carbocycles. The van der Waals surface area contributed by atoms with Gasteiger partial charge in [-0.05, 0) is 6.92 Å². The molecule has 0 unspecified atom stereocenters. The number of nitrogens with one attached hydrogen (secondary N) is 1. The summed E-state index contributed by atoms with van der Waals surface area (Å²) in [5.41, 5.74) is 0.816. The molecule has 1 aromatic heterocycles. The van der Waals surface area contributed by atoms with Gasteiger partial charge in [-0.15, -0.1) is 0 Å². The summed E-state index contributed by atoms with van der Waals surface area (Å²) in [6.45, 7) is 2.41. The lowest BCUT2D eigenvalue weighted by atomic mass is 10.4. The largest absolute Gasteiger partial charge is 0.361 e. The molecule has 1 N–H and O–H groups in total. The van der Waals surface area contributed by atoms with Crippen molar-refractivity contribution in [2.24, 2.45) is 0 Å². The van der Waals surface area contributed by atoms with Gasteiger partial charge in [-0.3, -0.25) is 0 Å². The third-order valence-corrected chi connectivity index (χ3v) is 1.25. The van der Waals surface area contributed by atoms with Crippen LogP contribution >= 0.6 is 0 Å². The monoisotopic (exact) mass is 158 g/mol. The number of halogens is 1. The molecule has 11 heavy (non-hydrogen) atoms. The standard InChI is InChI=1S/C7H11FN2O/c1-6-4-7(10-11-6)5-9-3-2-8/h4,9H,2-3,5H2,1H3. The quantitative estimate of drug-likeness (QED) is 0.665. The zero-order valence-electron chi connectivity index (χ0n) is 6.43. The van der Waals surface area contributed by atoms with Gasteiger partial charge in [0, 0.05) is 19.2 Å². The summed E-state index contributed by atoms with van der Waals surface area (Å²) in [6.07, 6.45) is 0. The van der Waals surface area contributed by atoms with Gasteiger partial charge in [0.1, 0.15) is 12.4 Å².